The van der Waals surface area contributed by atoms with Gasteiger partial charge in [0.05, 0.1) is 0 Å². The van der Waals surface area contributed by atoms with Gasteiger partial charge in [-0.05, 0) is 18.8 Å². The van der Waals surface area contributed by atoms with Crippen molar-refractivity contribution in [1.29, 1.82) is 0 Å². The van der Waals surface area contributed by atoms with Crippen molar-refractivity contribution in [3.8, 4) is 0 Å². The number of ether oxygens (including phenoxy) is 1. The van der Waals surface area contributed by atoms with Gasteiger partial charge in [-0.1, -0.05) is 46.5 Å². The highest BCUT2D eigenvalue weighted by Gasteiger charge is 2.06. The third-order valence-electron chi connectivity index (χ3n) is 2.47. The summed E-state index contributed by atoms with van der Waals surface area (Å²) in [4.78, 5) is 0. The minimum atomic E-state index is 0.911. The van der Waals surface area contributed by atoms with Crippen LogP contribution in [0.3, 0.4) is 0 Å². The van der Waals surface area contributed by atoms with E-state index in [-0.39, 0.29) is 0 Å². The predicted octanol–water partition coefficient (Wildman–Crippen LogP) is 4.02. The summed E-state index contributed by atoms with van der Waals surface area (Å²) < 4.78 is 5.14. The largest absolute Gasteiger partial charge is 0.381 e. The Morgan fingerprint density at radius 1 is 1.00 bits per heavy atom. The van der Waals surface area contributed by atoms with Crippen molar-refractivity contribution < 1.29 is 4.74 Å². The molecule has 0 saturated carbocycles. The van der Waals surface area contributed by atoms with Gasteiger partial charge in [-0.15, -0.1) is 0 Å². The van der Waals surface area contributed by atoms with Gasteiger partial charge in [0, 0.05) is 13.2 Å². The monoisotopic (exact) mass is 186 g/mol. The SMILES string of the molecule is CC1CCOCC1.CCCCCC. The Balaban J connectivity index is 0.000000226. The van der Waals surface area contributed by atoms with Crippen LogP contribution in [0.2, 0.25) is 0 Å². The lowest BCUT2D eigenvalue weighted by molar-refractivity contribution is 0.0716. The second-order valence-corrected chi connectivity index (χ2v) is 4.00. The summed E-state index contributed by atoms with van der Waals surface area (Å²) in [5.74, 6) is 0.911. The lowest BCUT2D eigenvalue weighted by Crippen LogP contribution is -2.12. The molecular weight excluding hydrogens is 160 g/mol. The molecule has 0 amide bonds. The molecule has 0 aromatic heterocycles. The fourth-order valence-corrected chi connectivity index (χ4v) is 1.32. The predicted molar refractivity (Wildman–Crippen MR) is 59.0 cm³/mol. The standard InChI is InChI=1S/C6H12O.C6H14/c1-6-2-4-7-5-3-6;1-3-5-6-4-2/h6H,2-5H2,1H3;3-6H2,1-2H3. The van der Waals surface area contributed by atoms with Crippen LogP contribution in [0.15, 0.2) is 0 Å². The molecule has 1 aliphatic heterocycles. The molecule has 1 aliphatic rings. The van der Waals surface area contributed by atoms with Gasteiger partial charge < -0.3 is 4.74 Å². The maximum absolute atomic E-state index is 5.14. The molecule has 0 aliphatic carbocycles. The molecule has 0 radical (unpaired) electrons. The lowest BCUT2D eigenvalue weighted by atomic mass is 10.0. The van der Waals surface area contributed by atoms with Crippen LogP contribution in [0.25, 0.3) is 0 Å². The van der Waals surface area contributed by atoms with Gasteiger partial charge in [0.25, 0.3) is 0 Å². The first kappa shape index (κ1) is 13.0. The maximum Gasteiger partial charge on any atom is 0.0468 e. The average molecular weight is 186 g/mol. The summed E-state index contributed by atoms with van der Waals surface area (Å²) in [6.07, 6.45) is 8.06. The summed E-state index contributed by atoms with van der Waals surface area (Å²) in [6.45, 7) is 8.72. The molecule has 13 heavy (non-hydrogen) atoms. The zero-order valence-corrected chi connectivity index (χ0v) is 9.64. The van der Waals surface area contributed by atoms with Gasteiger partial charge in [-0.3, -0.25) is 0 Å². The summed E-state index contributed by atoms with van der Waals surface area (Å²) in [5, 5.41) is 0. The Morgan fingerprint density at radius 2 is 1.46 bits per heavy atom. The second-order valence-electron chi connectivity index (χ2n) is 4.00. The van der Waals surface area contributed by atoms with E-state index in [2.05, 4.69) is 20.8 Å². The van der Waals surface area contributed by atoms with Crippen molar-refractivity contribution in [2.24, 2.45) is 5.92 Å². The lowest BCUT2D eigenvalue weighted by Gasteiger charge is -2.16. The third-order valence-corrected chi connectivity index (χ3v) is 2.47. The van der Waals surface area contributed by atoms with E-state index in [9.17, 15) is 0 Å². The zero-order chi connectivity index (χ0) is 9.94. The highest BCUT2D eigenvalue weighted by molar-refractivity contribution is 4.55. The Kier molecular flexibility index (Phi) is 10.0. The highest BCUT2D eigenvalue weighted by Crippen LogP contribution is 2.11. The molecule has 1 saturated heterocycles. The van der Waals surface area contributed by atoms with Gasteiger partial charge in [-0.25, -0.2) is 0 Å². The summed E-state index contributed by atoms with van der Waals surface area (Å²) in [5.41, 5.74) is 0. The van der Waals surface area contributed by atoms with E-state index in [1.165, 1.54) is 38.5 Å². The second kappa shape index (κ2) is 10.0. The molecule has 0 aromatic carbocycles. The van der Waals surface area contributed by atoms with Crippen molar-refractivity contribution in [1.82, 2.24) is 0 Å². The molecule has 0 aromatic rings. The first-order valence-electron chi connectivity index (χ1n) is 5.89. The van der Waals surface area contributed by atoms with Gasteiger partial charge in [0.2, 0.25) is 0 Å². The topological polar surface area (TPSA) is 9.23 Å². The van der Waals surface area contributed by atoms with Crippen LogP contribution in [0.4, 0.5) is 0 Å². The maximum atomic E-state index is 5.14. The molecule has 1 heterocycles. The van der Waals surface area contributed by atoms with Gasteiger partial charge in [-0.2, -0.15) is 0 Å². The molecule has 1 nitrogen and oxygen atoms in total. The minimum Gasteiger partial charge on any atom is -0.381 e. The van der Waals surface area contributed by atoms with E-state index in [0.717, 1.165) is 19.1 Å². The van der Waals surface area contributed by atoms with Crippen LogP contribution >= 0.6 is 0 Å². The van der Waals surface area contributed by atoms with Gasteiger partial charge in [0.1, 0.15) is 0 Å². The normalized spacial score (nSPS) is 17.8. The molecule has 0 bridgehead atoms. The first-order chi connectivity index (χ1) is 6.31. The molecule has 0 spiro atoms. The molecule has 1 heteroatoms. The number of unbranched alkanes of at least 4 members (excludes halogenated alkanes) is 3. The molecule has 0 N–H and O–H groups in total. The Bertz CT molecular complexity index is 81.1. The number of hydrogen-bond donors (Lipinski definition) is 0. The fourth-order valence-electron chi connectivity index (χ4n) is 1.32. The van der Waals surface area contributed by atoms with E-state index < -0.39 is 0 Å². The quantitative estimate of drug-likeness (QED) is 0.605. The van der Waals surface area contributed by atoms with E-state index in [1.54, 1.807) is 0 Å². The first-order valence-corrected chi connectivity index (χ1v) is 5.89. The minimum absolute atomic E-state index is 0.911. The van der Waals surface area contributed by atoms with Crippen molar-refractivity contribution in [3.05, 3.63) is 0 Å². The van der Waals surface area contributed by atoms with Gasteiger partial charge >= 0.3 is 0 Å². The van der Waals surface area contributed by atoms with Crippen LogP contribution in [0.1, 0.15) is 59.3 Å². The molecule has 1 rings (SSSR count). The van der Waals surface area contributed by atoms with E-state index in [4.69, 9.17) is 4.74 Å². The average Bonchev–Trinajstić information content (AvgIpc) is 2.17. The molecule has 80 valence electrons. The summed E-state index contributed by atoms with van der Waals surface area (Å²) >= 11 is 0. The summed E-state index contributed by atoms with van der Waals surface area (Å²) in [6, 6.07) is 0. The van der Waals surface area contributed by atoms with Crippen LogP contribution < -0.4 is 0 Å². The number of rotatable bonds is 3. The molecule has 1 fully saturated rings. The van der Waals surface area contributed by atoms with Crippen LogP contribution in [0.5, 0.6) is 0 Å². The number of hydrogen-bond acceptors (Lipinski definition) is 1. The van der Waals surface area contributed by atoms with Crippen LogP contribution in [0, 0.1) is 5.92 Å². The van der Waals surface area contributed by atoms with Crippen molar-refractivity contribution in [2.45, 2.75) is 59.3 Å². The molecular formula is C12H26O. The summed E-state index contributed by atoms with van der Waals surface area (Å²) in [7, 11) is 0. The van der Waals surface area contributed by atoms with E-state index in [1.807, 2.05) is 0 Å². The Morgan fingerprint density at radius 3 is 1.69 bits per heavy atom. The molecule has 0 atom stereocenters. The van der Waals surface area contributed by atoms with E-state index in [0.29, 0.717) is 0 Å². The Labute approximate surface area is 83.9 Å². The van der Waals surface area contributed by atoms with E-state index >= 15 is 0 Å². The molecule has 0 unspecified atom stereocenters. The Hall–Kier alpha value is -0.0400. The van der Waals surface area contributed by atoms with Crippen molar-refractivity contribution >= 4 is 0 Å². The smallest absolute Gasteiger partial charge is 0.0468 e. The van der Waals surface area contributed by atoms with Crippen molar-refractivity contribution in [3.63, 3.8) is 0 Å². The van der Waals surface area contributed by atoms with Crippen LogP contribution in [-0.4, -0.2) is 13.2 Å². The third kappa shape index (κ3) is 9.88. The van der Waals surface area contributed by atoms with Crippen LogP contribution in [-0.2, 0) is 4.74 Å². The van der Waals surface area contributed by atoms with Crippen molar-refractivity contribution in [2.75, 3.05) is 13.2 Å². The highest BCUT2D eigenvalue weighted by atomic mass is 16.5. The van der Waals surface area contributed by atoms with Gasteiger partial charge in [0.15, 0.2) is 0 Å². The zero-order valence-electron chi connectivity index (χ0n) is 9.64. The fraction of sp³-hybridized carbons (Fsp3) is 1.00.